The number of fused-ring (bicyclic) bond motifs is 1. The molecule has 1 aliphatic heterocycles. The van der Waals surface area contributed by atoms with Gasteiger partial charge in [-0.2, -0.15) is 5.10 Å². The molecule has 0 fully saturated rings. The Balaban J connectivity index is 1.51. The number of halogens is 1. The van der Waals surface area contributed by atoms with Gasteiger partial charge in [0.05, 0.1) is 17.7 Å². The molecular formula is C19H19BrN4O2. The number of anilines is 1. The van der Waals surface area contributed by atoms with E-state index in [-0.39, 0.29) is 0 Å². The van der Waals surface area contributed by atoms with Gasteiger partial charge in [-0.05, 0) is 52.7 Å². The molecule has 2 heterocycles. The minimum Gasteiger partial charge on any atom is -0.490 e. The van der Waals surface area contributed by atoms with Crippen LogP contribution >= 0.6 is 15.9 Å². The Kier molecular flexibility index (Phi) is 4.79. The normalized spacial score (nSPS) is 13.3. The average Bonchev–Trinajstić information content (AvgIpc) is 2.93. The van der Waals surface area contributed by atoms with Crippen molar-refractivity contribution in [3.05, 3.63) is 52.3 Å². The van der Waals surface area contributed by atoms with Gasteiger partial charge in [0, 0.05) is 24.2 Å². The second-order valence-corrected chi connectivity index (χ2v) is 6.99. The van der Waals surface area contributed by atoms with Crippen LogP contribution in [0.1, 0.15) is 17.8 Å². The average molecular weight is 415 g/mol. The molecule has 0 atom stereocenters. The van der Waals surface area contributed by atoms with E-state index in [2.05, 4.69) is 42.5 Å². The lowest BCUT2D eigenvalue weighted by molar-refractivity contribution is 0.296. The summed E-state index contributed by atoms with van der Waals surface area (Å²) < 4.78 is 12.5. The first-order chi connectivity index (χ1) is 12.7. The summed E-state index contributed by atoms with van der Waals surface area (Å²) in [6, 6.07) is 12.1. The number of ether oxygens (including phenoxy) is 2. The molecule has 0 amide bonds. The van der Waals surface area contributed by atoms with Gasteiger partial charge in [0.25, 0.3) is 0 Å². The Labute approximate surface area is 160 Å². The first-order valence-electron chi connectivity index (χ1n) is 8.50. The molecule has 0 aliphatic carbocycles. The molecule has 2 N–H and O–H groups in total. The van der Waals surface area contributed by atoms with E-state index in [1.54, 1.807) is 0 Å². The molecular weight excluding hydrogens is 396 g/mol. The maximum atomic E-state index is 5.80. The summed E-state index contributed by atoms with van der Waals surface area (Å²) in [4.78, 5) is 4.38. The zero-order chi connectivity index (χ0) is 17.9. The number of hydrogen-bond donors (Lipinski definition) is 2. The number of H-pyrrole nitrogens is 1. The smallest absolute Gasteiger partial charge is 0.181 e. The van der Waals surface area contributed by atoms with Gasteiger partial charge in [-0.15, -0.1) is 0 Å². The SMILES string of the molecule is Cc1nc(-c2cccc(NCc3cc(Br)c4c(c3)OCCCO4)c2)n[nH]1. The van der Waals surface area contributed by atoms with E-state index in [4.69, 9.17) is 9.47 Å². The van der Waals surface area contributed by atoms with Crippen LogP contribution < -0.4 is 14.8 Å². The lowest BCUT2D eigenvalue weighted by Crippen LogP contribution is -2.01. The molecule has 6 nitrogen and oxygen atoms in total. The molecule has 0 saturated heterocycles. The van der Waals surface area contributed by atoms with E-state index in [0.29, 0.717) is 25.6 Å². The highest BCUT2D eigenvalue weighted by Gasteiger charge is 2.15. The van der Waals surface area contributed by atoms with Gasteiger partial charge in [0.15, 0.2) is 17.3 Å². The Morgan fingerprint density at radius 3 is 2.92 bits per heavy atom. The van der Waals surface area contributed by atoms with Crippen molar-refractivity contribution >= 4 is 21.6 Å². The van der Waals surface area contributed by atoms with Crippen LogP contribution in [0.15, 0.2) is 40.9 Å². The third-order valence-electron chi connectivity index (χ3n) is 4.08. The van der Waals surface area contributed by atoms with Crippen molar-refractivity contribution in [2.45, 2.75) is 19.9 Å². The van der Waals surface area contributed by atoms with E-state index in [9.17, 15) is 0 Å². The van der Waals surface area contributed by atoms with Gasteiger partial charge >= 0.3 is 0 Å². The van der Waals surface area contributed by atoms with Gasteiger partial charge in [-0.25, -0.2) is 4.98 Å². The van der Waals surface area contributed by atoms with Gasteiger partial charge in [0.1, 0.15) is 5.82 Å². The molecule has 1 aliphatic rings. The zero-order valence-corrected chi connectivity index (χ0v) is 16.0. The fourth-order valence-corrected chi connectivity index (χ4v) is 3.43. The molecule has 26 heavy (non-hydrogen) atoms. The van der Waals surface area contributed by atoms with E-state index in [0.717, 1.165) is 45.0 Å². The molecule has 7 heteroatoms. The van der Waals surface area contributed by atoms with Crippen LogP contribution in [0.25, 0.3) is 11.4 Å². The monoisotopic (exact) mass is 414 g/mol. The number of rotatable bonds is 4. The second kappa shape index (κ2) is 7.37. The van der Waals surface area contributed by atoms with Crippen LogP contribution in [0.3, 0.4) is 0 Å². The van der Waals surface area contributed by atoms with Crippen molar-refractivity contribution in [2.75, 3.05) is 18.5 Å². The predicted octanol–water partition coefficient (Wildman–Crippen LogP) is 4.32. The molecule has 134 valence electrons. The van der Waals surface area contributed by atoms with Gasteiger partial charge in [-0.3, -0.25) is 5.10 Å². The van der Waals surface area contributed by atoms with E-state index in [1.807, 2.05) is 37.3 Å². The summed E-state index contributed by atoms with van der Waals surface area (Å²) in [5.41, 5.74) is 3.09. The predicted molar refractivity (Wildman–Crippen MR) is 104 cm³/mol. The Morgan fingerprint density at radius 2 is 2.08 bits per heavy atom. The van der Waals surface area contributed by atoms with E-state index in [1.165, 1.54) is 0 Å². The third kappa shape index (κ3) is 3.67. The topological polar surface area (TPSA) is 72.1 Å². The summed E-state index contributed by atoms with van der Waals surface area (Å²) in [5, 5.41) is 10.5. The molecule has 0 radical (unpaired) electrons. The fourth-order valence-electron chi connectivity index (χ4n) is 2.83. The number of aromatic amines is 1. The van der Waals surface area contributed by atoms with Gasteiger partial charge in [0.2, 0.25) is 0 Å². The number of nitrogens with zero attached hydrogens (tertiary/aromatic N) is 2. The summed E-state index contributed by atoms with van der Waals surface area (Å²) in [7, 11) is 0. The molecule has 4 rings (SSSR count). The number of nitrogens with one attached hydrogen (secondary N) is 2. The lowest BCUT2D eigenvalue weighted by Gasteiger charge is -2.13. The minimum atomic E-state index is 0.672. The Morgan fingerprint density at radius 1 is 1.19 bits per heavy atom. The van der Waals surface area contributed by atoms with Crippen molar-refractivity contribution in [1.82, 2.24) is 15.2 Å². The maximum Gasteiger partial charge on any atom is 0.181 e. The standard InChI is InChI=1S/C19H19BrN4O2/c1-12-22-19(24-23-12)14-4-2-5-15(10-14)21-11-13-8-16(20)18-17(9-13)25-6-3-7-26-18/h2,4-5,8-10,21H,3,6-7,11H2,1H3,(H,22,23,24). The molecule has 0 spiro atoms. The third-order valence-corrected chi connectivity index (χ3v) is 4.67. The van der Waals surface area contributed by atoms with E-state index >= 15 is 0 Å². The van der Waals surface area contributed by atoms with Crippen molar-refractivity contribution < 1.29 is 9.47 Å². The minimum absolute atomic E-state index is 0.672. The van der Waals surface area contributed by atoms with Crippen LogP contribution in [-0.4, -0.2) is 28.4 Å². The van der Waals surface area contributed by atoms with Crippen molar-refractivity contribution in [3.8, 4) is 22.9 Å². The maximum absolute atomic E-state index is 5.80. The quantitative estimate of drug-likeness (QED) is 0.664. The first-order valence-corrected chi connectivity index (χ1v) is 9.30. The first kappa shape index (κ1) is 16.9. The molecule has 1 aromatic heterocycles. The van der Waals surface area contributed by atoms with Crippen molar-refractivity contribution in [1.29, 1.82) is 0 Å². The molecule has 0 bridgehead atoms. The highest BCUT2D eigenvalue weighted by molar-refractivity contribution is 9.10. The molecule has 3 aromatic rings. The lowest BCUT2D eigenvalue weighted by atomic mass is 10.1. The molecule has 2 aromatic carbocycles. The Bertz CT molecular complexity index is 926. The molecule has 0 unspecified atom stereocenters. The number of hydrogen-bond acceptors (Lipinski definition) is 5. The van der Waals surface area contributed by atoms with Crippen molar-refractivity contribution in [2.24, 2.45) is 0 Å². The summed E-state index contributed by atoms with van der Waals surface area (Å²) in [5.74, 6) is 3.08. The number of benzene rings is 2. The van der Waals surface area contributed by atoms with Crippen LogP contribution in [0.4, 0.5) is 5.69 Å². The van der Waals surface area contributed by atoms with Gasteiger partial charge in [-0.1, -0.05) is 12.1 Å². The summed E-state index contributed by atoms with van der Waals surface area (Å²) >= 11 is 3.59. The number of aryl methyl sites for hydroxylation is 1. The van der Waals surface area contributed by atoms with Crippen LogP contribution in [0, 0.1) is 6.92 Å². The Hall–Kier alpha value is -2.54. The fraction of sp³-hybridized carbons (Fsp3) is 0.263. The molecule has 0 saturated carbocycles. The largest absolute Gasteiger partial charge is 0.490 e. The highest BCUT2D eigenvalue weighted by Crippen LogP contribution is 2.38. The van der Waals surface area contributed by atoms with Gasteiger partial charge < -0.3 is 14.8 Å². The summed E-state index contributed by atoms with van der Waals surface area (Å²) in [6.07, 6.45) is 0.891. The van der Waals surface area contributed by atoms with Crippen molar-refractivity contribution in [3.63, 3.8) is 0 Å². The number of aromatic nitrogens is 3. The highest BCUT2D eigenvalue weighted by atomic mass is 79.9. The zero-order valence-electron chi connectivity index (χ0n) is 14.4. The van der Waals surface area contributed by atoms with E-state index < -0.39 is 0 Å². The van der Waals surface area contributed by atoms with Crippen LogP contribution in [0.5, 0.6) is 11.5 Å². The second-order valence-electron chi connectivity index (χ2n) is 6.13. The van der Waals surface area contributed by atoms with Crippen LogP contribution in [-0.2, 0) is 6.54 Å². The summed E-state index contributed by atoms with van der Waals surface area (Å²) in [6.45, 7) is 3.91. The van der Waals surface area contributed by atoms with Crippen LogP contribution in [0.2, 0.25) is 0 Å².